The molecule has 1 saturated carbocycles. The molecule has 0 aliphatic heterocycles. The molecular weight excluding hydrogens is 288 g/mol. The molecule has 1 aromatic rings. The van der Waals surface area contributed by atoms with Gasteiger partial charge in [-0.25, -0.2) is 0 Å². The van der Waals surface area contributed by atoms with Crippen molar-refractivity contribution in [2.75, 3.05) is 6.61 Å². The molecule has 3 nitrogen and oxygen atoms in total. The summed E-state index contributed by atoms with van der Waals surface area (Å²) in [5.74, 6) is 0.585. The monoisotopic (exact) mass is 318 g/mol. The highest BCUT2D eigenvalue weighted by Crippen LogP contribution is 2.28. The maximum absolute atomic E-state index is 12.2. The highest BCUT2D eigenvalue weighted by atomic mass is 16.5. The molecule has 0 heterocycles. The van der Waals surface area contributed by atoms with E-state index in [2.05, 4.69) is 6.92 Å². The summed E-state index contributed by atoms with van der Waals surface area (Å²) in [7, 11) is 0. The Balaban J connectivity index is 1.65. The van der Waals surface area contributed by atoms with E-state index in [1.165, 1.54) is 24.8 Å². The number of rotatable bonds is 8. The van der Waals surface area contributed by atoms with Gasteiger partial charge in [0.05, 0.1) is 12.0 Å². The normalized spacial score (nSPS) is 21.1. The van der Waals surface area contributed by atoms with E-state index in [0.717, 1.165) is 38.7 Å². The van der Waals surface area contributed by atoms with Crippen molar-refractivity contribution < 1.29 is 14.3 Å². The summed E-state index contributed by atoms with van der Waals surface area (Å²) in [4.78, 5) is 12.2. The molecular formula is C20H30O3. The van der Waals surface area contributed by atoms with Crippen LogP contribution in [0.2, 0.25) is 0 Å². The molecule has 3 heteroatoms. The summed E-state index contributed by atoms with van der Waals surface area (Å²) in [6.07, 6.45) is 9.00. The van der Waals surface area contributed by atoms with Crippen LogP contribution in [0.3, 0.4) is 0 Å². The summed E-state index contributed by atoms with van der Waals surface area (Å²) >= 11 is 0. The smallest absolute Gasteiger partial charge is 0.314 e. The second kappa shape index (κ2) is 9.71. The van der Waals surface area contributed by atoms with Crippen molar-refractivity contribution >= 4 is 5.97 Å². The Morgan fingerprint density at radius 1 is 1.04 bits per heavy atom. The van der Waals surface area contributed by atoms with Gasteiger partial charge in [0.1, 0.15) is 5.75 Å². The minimum Gasteiger partial charge on any atom is -0.426 e. The predicted molar refractivity (Wildman–Crippen MR) is 92.7 cm³/mol. The van der Waals surface area contributed by atoms with Crippen LogP contribution in [0, 0.1) is 12.8 Å². The number of benzene rings is 1. The number of ether oxygens (including phenoxy) is 2. The van der Waals surface area contributed by atoms with Crippen LogP contribution in [0.5, 0.6) is 5.75 Å². The Morgan fingerprint density at radius 3 is 2.39 bits per heavy atom. The molecule has 2 rings (SSSR count). The molecule has 0 aromatic heterocycles. The molecule has 0 spiro atoms. The number of hydrogen-bond donors (Lipinski definition) is 0. The maximum Gasteiger partial charge on any atom is 0.314 e. The summed E-state index contributed by atoms with van der Waals surface area (Å²) in [6.45, 7) is 5.11. The number of carbonyl (C=O) groups is 1. The van der Waals surface area contributed by atoms with Crippen LogP contribution in [0.4, 0.5) is 0 Å². The van der Waals surface area contributed by atoms with Crippen molar-refractivity contribution in [1.29, 1.82) is 0 Å². The van der Waals surface area contributed by atoms with Gasteiger partial charge >= 0.3 is 5.97 Å². The minimum atomic E-state index is -0.0877. The van der Waals surface area contributed by atoms with E-state index in [4.69, 9.17) is 9.47 Å². The average Bonchev–Trinajstić information content (AvgIpc) is 2.57. The molecule has 0 saturated heterocycles. The van der Waals surface area contributed by atoms with Gasteiger partial charge in [-0.1, -0.05) is 43.9 Å². The Kier molecular flexibility index (Phi) is 7.60. The molecule has 0 bridgehead atoms. The van der Waals surface area contributed by atoms with Gasteiger partial charge in [-0.05, 0) is 51.2 Å². The van der Waals surface area contributed by atoms with E-state index in [1.807, 2.05) is 31.2 Å². The molecule has 1 aliphatic carbocycles. The van der Waals surface area contributed by atoms with Crippen LogP contribution in [-0.4, -0.2) is 18.7 Å². The molecule has 0 unspecified atom stereocenters. The fourth-order valence-electron chi connectivity index (χ4n) is 3.05. The molecule has 0 atom stereocenters. The average molecular weight is 318 g/mol. The molecule has 1 aromatic carbocycles. The van der Waals surface area contributed by atoms with Crippen molar-refractivity contribution in [2.45, 2.75) is 71.3 Å². The van der Waals surface area contributed by atoms with E-state index in [9.17, 15) is 4.79 Å². The first-order chi connectivity index (χ1) is 11.2. The lowest BCUT2D eigenvalue weighted by atomic mass is 9.87. The Labute approximate surface area is 140 Å². The molecule has 1 aliphatic rings. The molecule has 1 fully saturated rings. The Morgan fingerprint density at radius 2 is 1.74 bits per heavy atom. The van der Waals surface area contributed by atoms with E-state index < -0.39 is 0 Å². The van der Waals surface area contributed by atoms with Gasteiger partial charge < -0.3 is 9.47 Å². The molecule has 23 heavy (non-hydrogen) atoms. The van der Waals surface area contributed by atoms with Crippen molar-refractivity contribution in [3.05, 3.63) is 29.8 Å². The van der Waals surface area contributed by atoms with Gasteiger partial charge in [0.2, 0.25) is 0 Å². The number of aryl methyl sites for hydroxylation is 1. The first kappa shape index (κ1) is 18.0. The predicted octanol–water partition coefficient (Wildman–Crippen LogP) is 5.06. The van der Waals surface area contributed by atoms with Crippen LogP contribution >= 0.6 is 0 Å². The van der Waals surface area contributed by atoms with Gasteiger partial charge in [0.25, 0.3) is 0 Å². The van der Waals surface area contributed by atoms with Crippen LogP contribution in [0.15, 0.2) is 24.3 Å². The van der Waals surface area contributed by atoms with Gasteiger partial charge in [0.15, 0.2) is 0 Å². The summed E-state index contributed by atoms with van der Waals surface area (Å²) in [6, 6.07) is 7.65. The van der Waals surface area contributed by atoms with E-state index in [0.29, 0.717) is 11.9 Å². The van der Waals surface area contributed by atoms with Crippen LogP contribution in [0.25, 0.3) is 0 Å². The lowest BCUT2D eigenvalue weighted by Gasteiger charge is -2.27. The minimum absolute atomic E-state index is 0.0243. The zero-order chi connectivity index (χ0) is 16.5. The number of unbranched alkanes of at least 4 members (excludes halogenated alkanes) is 3. The van der Waals surface area contributed by atoms with Crippen molar-refractivity contribution in [1.82, 2.24) is 0 Å². The van der Waals surface area contributed by atoms with Gasteiger partial charge in [0, 0.05) is 6.61 Å². The zero-order valence-electron chi connectivity index (χ0n) is 14.6. The zero-order valence-corrected chi connectivity index (χ0v) is 14.6. The Bertz CT molecular complexity index is 458. The van der Waals surface area contributed by atoms with Crippen LogP contribution in [-0.2, 0) is 9.53 Å². The summed E-state index contributed by atoms with van der Waals surface area (Å²) < 4.78 is 11.4. The topological polar surface area (TPSA) is 35.5 Å². The van der Waals surface area contributed by atoms with Gasteiger partial charge in [-0.15, -0.1) is 0 Å². The van der Waals surface area contributed by atoms with Crippen molar-refractivity contribution in [3.8, 4) is 5.75 Å². The molecule has 0 N–H and O–H groups in total. The Hall–Kier alpha value is -1.35. The fraction of sp³-hybridized carbons (Fsp3) is 0.650. The fourth-order valence-corrected chi connectivity index (χ4v) is 3.05. The van der Waals surface area contributed by atoms with E-state index in [-0.39, 0.29) is 11.9 Å². The number of carbonyl (C=O) groups excluding carboxylic acids is 1. The number of hydrogen-bond acceptors (Lipinski definition) is 3. The standard InChI is InChI=1S/C20H30O3/c1-3-4-5-6-15-22-18-13-9-17(10-14-18)20(21)23-19-11-7-16(2)8-12-19/h7-8,11-12,17-18H,3-6,9-10,13-15H2,1-2H3. The lowest BCUT2D eigenvalue weighted by molar-refractivity contribution is -0.141. The first-order valence-corrected chi connectivity index (χ1v) is 9.09. The second-order valence-electron chi connectivity index (χ2n) is 6.64. The van der Waals surface area contributed by atoms with Crippen molar-refractivity contribution in [2.24, 2.45) is 5.92 Å². The quantitative estimate of drug-likeness (QED) is 0.382. The van der Waals surface area contributed by atoms with E-state index in [1.54, 1.807) is 0 Å². The number of esters is 1. The third-order valence-electron chi connectivity index (χ3n) is 4.60. The summed E-state index contributed by atoms with van der Waals surface area (Å²) in [5, 5.41) is 0. The maximum atomic E-state index is 12.2. The third kappa shape index (κ3) is 6.34. The molecule has 128 valence electrons. The lowest BCUT2D eigenvalue weighted by Crippen LogP contribution is -2.29. The molecule has 0 amide bonds. The second-order valence-corrected chi connectivity index (χ2v) is 6.64. The SMILES string of the molecule is CCCCCCOC1CCC(C(=O)Oc2ccc(C)cc2)CC1. The van der Waals surface area contributed by atoms with Crippen LogP contribution in [0.1, 0.15) is 63.9 Å². The van der Waals surface area contributed by atoms with Gasteiger partial charge in [-0.2, -0.15) is 0 Å². The largest absolute Gasteiger partial charge is 0.426 e. The highest BCUT2D eigenvalue weighted by Gasteiger charge is 2.28. The van der Waals surface area contributed by atoms with Gasteiger partial charge in [-0.3, -0.25) is 4.79 Å². The first-order valence-electron chi connectivity index (χ1n) is 9.09. The third-order valence-corrected chi connectivity index (χ3v) is 4.60. The molecule has 0 radical (unpaired) electrons. The van der Waals surface area contributed by atoms with Crippen molar-refractivity contribution in [3.63, 3.8) is 0 Å². The summed E-state index contributed by atoms with van der Waals surface area (Å²) in [5.41, 5.74) is 1.17. The van der Waals surface area contributed by atoms with Crippen LogP contribution < -0.4 is 4.74 Å². The van der Waals surface area contributed by atoms with E-state index >= 15 is 0 Å². The highest BCUT2D eigenvalue weighted by molar-refractivity contribution is 5.75.